The molecule has 0 saturated carbocycles. The van der Waals surface area contributed by atoms with E-state index in [0.29, 0.717) is 24.7 Å². The highest BCUT2D eigenvalue weighted by molar-refractivity contribution is 6.30. The number of phenolic OH excluding ortho intramolecular Hbond substituents is 1. The zero-order valence-electron chi connectivity index (χ0n) is 12.9. The number of carbonyl (C=O) groups excluding carboxylic acids is 2. The Morgan fingerprint density at radius 2 is 1.61 bits per heavy atom. The van der Waals surface area contributed by atoms with Crippen LogP contribution in [0, 0.1) is 0 Å². The third-order valence-electron chi connectivity index (χ3n) is 3.67. The average molecular weight is 312 g/mol. The Morgan fingerprint density at radius 3 is 2.30 bits per heavy atom. The molecule has 1 aliphatic rings. The molecule has 0 unspecified atom stereocenters. The van der Waals surface area contributed by atoms with E-state index in [9.17, 15) is 14.7 Å². The van der Waals surface area contributed by atoms with Gasteiger partial charge >= 0.3 is 0 Å². The molecule has 0 spiro atoms. The summed E-state index contributed by atoms with van der Waals surface area (Å²) in [7, 11) is 0. The molecule has 118 valence electrons. The lowest BCUT2D eigenvalue weighted by Gasteiger charge is -2.21. The Kier molecular flexibility index (Phi) is 3.78. The van der Waals surface area contributed by atoms with Crippen molar-refractivity contribution in [2.24, 2.45) is 0 Å². The Balaban J connectivity index is 2.27. The van der Waals surface area contributed by atoms with E-state index in [0.717, 1.165) is 0 Å². The highest BCUT2D eigenvalue weighted by Gasteiger charge is 2.35. The van der Waals surface area contributed by atoms with Crippen molar-refractivity contribution >= 4 is 11.6 Å². The lowest BCUT2D eigenvalue weighted by atomic mass is 9.83. The van der Waals surface area contributed by atoms with Gasteiger partial charge in [0.2, 0.25) is 0 Å². The second-order valence-corrected chi connectivity index (χ2v) is 5.07. The molecule has 0 fully saturated rings. The molecular weight excluding hydrogens is 296 g/mol. The fraction of sp³-hybridized carbons (Fsp3) is 0.222. The smallest absolute Gasteiger partial charge is 0.198 e. The van der Waals surface area contributed by atoms with Crippen LogP contribution in [0.4, 0.5) is 0 Å². The molecule has 1 aliphatic carbocycles. The normalized spacial score (nSPS) is 12.6. The van der Waals surface area contributed by atoms with Crippen LogP contribution in [0.5, 0.6) is 17.2 Å². The lowest BCUT2D eigenvalue weighted by Crippen LogP contribution is -2.22. The van der Waals surface area contributed by atoms with Gasteiger partial charge in [0.1, 0.15) is 17.2 Å². The van der Waals surface area contributed by atoms with Crippen LogP contribution in [0.2, 0.25) is 0 Å². The van der Waals surface area contributed by atoms with Gasteiger partial charge in [0.05, 0.1) is 24.3 Å². The van der Waals surface area contributed by atoms with E-state index in [4.69, 9.17) is 9.47 Å². The molecule has 0 radical (unpaired) electrons. The summed E-state index contributed by atoms with van der Waals surface area (Å²) in [6.07, 6.45) is 0. The summed E-state index contributed by atoms with van der Waals surface area (Å²) < 4.78 is 11.0. The monoisotopic (exact) mass is 312 g/mol. The summed E-state index contributed by atoms with van der Waals surface area (Å²) in [6.45, 7) is 4.41. The van der Waals surface area contributed by atoms with Gasteiger partial charge in [-0.1, -0.05) is 12.1 Å². The molecule has 1 N–H and O–H groups in total. The number of hydrogen-bond acceptors (Lipinski definition) is 5. The molecule has 0 saturated heterocycles. The number of hydrogen-bond donors (Lipinski definition) is 1. The summed E-state index contributed by atoms with van der Waals surface area (Å²) in [5.74, 6) is -0.172. The van der Waals surface area contributed by atoms with Crippen molar-refractivity contribution < 1.29 is 24.2 Å². The molecule has 2 aromatic carbocycles. The summed E-state index contributed by atoms with van der Waals surface area (Å²) in [5, 5.41) is 9.98. The van der Waals surface area contributed by atoms with E-state index in [1.165, 1.54) is 18.2 Å². The minimum Gasteiger partial charge on any atom is -0.507 e. The van der Waals surface area contributed by atoms with E-state index in [2.05, 4.69) is 0 Å². The first kappa shape index (κ1) is 15.1. The molecule has 5 nitrogen and oxygen atoms in total. The van der Waals surface area contributed by atoms with Gasteiger partial charge in [-0.25, -0.2) is 0 Å². The number of phenols is 1. The highest BCUT2D eigenvalue weighted by atomic mass is 16.5. The number of benzene rings is 2. The van der Waals surface area contributed by atoms with Crippen LogP contribution in [-0.4, -0.2) is 29.9 Å². The number of rotatable bonds is 4. The summed E-state index contributed by atoms with van der Waals surface area (Å²) in [6, 6.07) is 7.61. The molecular formula is C18H16O5. The van der Waals surface area contributed by atoms with Crippen molar-refractivity contribution in [3.8, 4) is 17.2 Å². The Labute approximate surface area is 133 Å². The molecule has 0 bridgehead atoms. The molecule has 0 aliphatic heterocycles. The molecule has 0 aromatic heterocycles. The largest absolute Gasteiger partial charge is 0.507 e. The van der Waals surface area contributed by atoms with Crippen LogP contribution in [0.15, 0.2) is 30.3 Å². The van der Waals surface area contributed by atoms with E-state index in [1.54, 1.807) is 19.1 Å². The van der Waals surface area contributed by atoms with Crippen molar-refractivity contribution in [1.82, 2.24) is 0 Å². The maximum Gasteiger partial charge on any atom is 0.198 e. The fourth-order valence-electron chi connectivity index (χ4n) is 2.76. The molecule has 0 amide bonds. The number of aromatic hydroxyl groups is 1. The lowest BCUT2D eigenvalue weighted by molar-refractivity contribution is 0.0973. The van der Waals surface area contributed by atoms with Crippen molar-refractivity contribution in [3.63, 3.8) is 0 Å². The molecule has 23 heavy (non-hydrogen) atoms. The van der Waals surface area contributed by atoms with Gasteiger partial charge in [-0.3, -0.25) is 9.59 Å². The molecule has 5 heteroatoms. The zero-order chi connectivity index (χ0) is 16.6. The summed E-state index contributed by atoms with van der Waals surface area (Å²) in [5.41, 5.74) is 0.630. The standard InChI is InChI=1S/C18H16O5/c1-3-22-10-8-12-16(14(9-10)23-4-2)17(20)11-6-5-7-13(19)15(11)18(12)21/h5-9,19H,3-4H2,1-2H3. The minimum atomic E-state index is -0.407. The number of ketones is 2. The number of carbonyl (C=O) groups is 2. The Bertz CT molecular complexity index is 807. The number of ether oxygens (including phenoxy) is 2. The van der Waals surface area contributed by atoms with Gasteiger partial charge in [-0.05, 0) is 26.0 Å². The van der Waals surface area contributed by atoms with Crippen LogP contribution in [0.25, 0.3) is 0 Å². The maximum absolute atomic E-state index is 12.8. The van der Waals surface area contributed by atoms with Crippen LogP contribution >= 0.6 is 0 Å². The van der Waals surface area contributed by atoms with E-state index >= 15 is 0 Å². The molecule has 3 rings (SSSR count). The topological polar surface area (TPSA) is 72.8 Å². The van der Waals surface area contributed by atoms with Crippen LogP contribution in [0.1, 0.15) is 45.7 Å². The van der Waals surface area contributed by atoms with E-state index < -0.39 is 5.78 Å². The van der Waals surface area contributed by atoms with Gasteiger partial charge < -0.3 is 14.6 Å². The van der Waals surface area contributed by atoms with Gasteiger partial charge in [0, 0.05) is 17.2 Å². The SMILES string of the molecule is CCOc1cc(OCC)c2c(c1)C(=O)c1c(O)cccc1C2=O. The van der Waals surface area contributed by atoms with Crippen molar-refractivity contribution in [1.29, 1.82) is 0 Å². The second kappa shape index (κ2) is 5.76. The Hall–Kier alpha value is -2.82. The van der Waals surface area contributed by atoms with Crippen LogP contribution in [-0.2, 0) is 0 Å². The quantitative estimate of drug-likeness (QED) is 0.802. The first-order valence-electron chi connectivity index (χ1n) is 7.43. The van der Waals surface area contributed by atoms with Gasteiger partial charge in [0.25, 0.3) is 0 Å². The first-order chi connectivity index (χ1) is 11.1. The minimum absolute atomic E-state index is 0.0288. The predicted octanol–water partition coefficient (Wildman–Crippen LogP) is 2.97. The first-order valence-corrected chi connectivity index (χ1v) is 7.43. The highest BCUT2D eigenvalue weighted by Crippen LogP contribution is 2.39. The zero-order valence-corrected chi connectivity index (χ0v) is 12.9. The third-order valence-corrected chi connectivity index (χ3v) is 3.67. The second-order valence-electron chi connectivity index (χ2n) is 5.07. The fourth-order valence-corrected chi connectivity index (χ4v) is 2.76. The number of fused-ring (bicyclic) bond motifs is 2. The van der Waals surface area contributed by atoms with Crippen molar-refractivity contribution in [2.75, 3.05) is 13.2 Å². The molecule has 2 aromatic rings. The molecule has 0 atom stereocenters. The Morgan fingerprint density at radius 1 is 0.913 bits per heavy atom. The van der Waals surface area contributed by atoms with Gasteiger partial charge in [-0.2, -0.15) is 0 Å². The van der Waals surface area contributed by atoms with Crippen molar-refractivity contribution in [3.05, 3.63) is 52.6 Å². The summed E-state index contributed by atoms with van der Waals surface area (Å²) >= 11 is 0. The third kappa shape index (κ3) is 2.34. The predicted molar refractivity (Wildman–Crippen MR) is 83.8 cm³/mol. The van der Waals surface area contributed by atoms with Crippen LogP contribution in [0.3, 0.4) is 0 Å². The average Bonchev–Trinajstić information content (AvgIpc) is 2.53. The van der Waals surface area contributed by atoms with Gasteiger partial charge in [-0.15, -0.1) is 0 Å². The van der Waals surface area contributed by atoms with E-state index in [1.807, 2.05) is 6.92 Å². The molecule has 0 heterocycles. The van der Waals surface area contributed by atoms with Crippen LogP contribution < -0.4 is 9.47 Å². The maximum atomic E-state index is 12.8. The van der Waals surface area contributed by atoms with E-state index in [-0.39, 0.29) is 33.8 Å². The summed E-state index contributed by atoms with van der Waals surface area (Å²) in [4.78, 5) is 25.6. The van der Waals surface area contributed by atoms with Crippen molar-refractivity contribution in [2.45, 2.75) is 13.8 Å². The van der Waals surface area contributed by atoms with Gasteiger partial charge in [0.15, 0.2) is 11.6 Å².